The highest BCUT2D eigenvalue weighted by Gasteiger charge is 2.05. The van der Waals surface area contributed by atoms with E-state index in [0.29, 0.717) is 12.1 Å². The van der Waals surface area contributed by atoms with Crippen molar-refractivity contribution in [3.63, 3.8) is 0 Å². The fourth-order valence-electron chi connectivity index (χ4n) is 2.23. The number of unbranched alkanes of at least 4 members (excludes halogenated alkanes) is 2. The summed E-state index contributed by atoms with van der Waals surface area (Å²) in [4.78, 5) is 16.2. The number of carbonyl (C=O) groups is 1. The van der Waals surface area contributed by atoms with E-state index in [9.17, 15) is 4.79 Å². The number of anilines is 2. The standard InChI is InChI=1S/C16H21N3O/c1-3-4-5-6-16(20)19-12-7-8-15-13(10-12)14(17)9-11(2)18-15/h7-10H,3-6H2,1-2H3,(H2,17,18)(H,19,20). The van der Waals surface area contributed by atoms with E-state index >= 15 is 0 Å². The maximum absolute atomic E-state index is 11.8. The second kappa shape index (κ2) is 6.37. The van der Waals surface area contributed by atoms with E-state index in [1.165, 1.54) is 0 Å². The van der Waals surface area contributed by atoms with Crippen LogP contribution >= 0.6 is 0 Å². The van der Waals surface area contributed by atoms with Crippen LogP contribution in [0.15, 0.2) is 24.3 Å². The van der Waals surface area contributed by atoms with Crippen LogP contribution < -0.4 is 11.1 Å². The molecule has 4 heteroatoms. The minimum absolute atomic E-state index is 0.0523. The number of hydrogen-bond donors (Lipinski definition) is 2. The molecule has 3 N–H and O–H groups in total. The predicted molar refractivity (Wildman–Crippen MR) is 83.7 cm³/mol. The minimum Gasteiger partial charge on any atom is -0.398 e. The van der Waals surface area contributed by atoms with Gasteiger partial charge in [0.05, 0.1) is 5.52 Å². The second-order valence-corrected chi connectivity index (χ2v) is 5.09. The molecule has 20 heavy (non-hydrogen) atoms. The normalized spacial score (nSPS) is 10.7. The summed E-state index contributed by atoms with van der Waals surface area (Å²) < 4.78 is 0. The lowest BCUT2D eigenvalue weighted by atomic mass is 10.1. The average Bonchev–Trinajstić information content (AvgIpc) is 2.40. The number of nitrogen functional groups attached to an aromatic ring is 1. The number of carbonyl (C=O) groups excluding carboxylic acids is 1. The smallest absolute Gasteiger partial charge is 0.224 e. The molecule has 1 aromatic heterocycles. The Kier molecular flexibility index (Phi) is 4.56. The lowest BCUT2D eigenvalue weighted by Crippen LogP contribution is -2.11. The number of nitrogens with two attached hydrogens (primary N) is 1. The van der Waals surface area contributed by atoms with E-state index in [4.69, 9.17) is 5.73 Å². The number of amides is 1. The van der Waals surface area contributed by atoms with Gasteiger partial charge in [-0.15, -0.1) is 0 Å². The van der Waals surface area contributed by atoms with Crippen LogP contribution in [0.3, 0.4) is 0 Å². The first-order chi connectivity index (χ1) is 9.60. The van der Waals surface area contributed by atoms with Crippen molar-refractivity contribution in [2.45, 2.75) is 39.5 Å². The number of aromatic nitrogens is 1. The molecule has 4 nitrogen and oxygen atoms in total. The van der Waals surface area contributed by atoms with E-state index in [2.05, 4.69) is 17.2 Å². The van der Waals surface area contributed by atoms with Crippen molar-refractivity contribution in [1.82, 2.24) is 4.98 Å². The van der Waals surface area contributed by atoms with Gasteiger partial charge < -0.3 is 11.1 Å². The van der Waals surface area contributed by atoms with Gasteiger partial charge in [-0.1, -0.05) is 19.8 Å². The highest BCUT2D eigenvalue weighted by Crippen LogP contribution is 2.24. The number of nitrogens with zero attached hydrogens (tertiary/aromatic N) is 1. The number of fused-ring (bicyclic) bond motifs is 1. The van der Waals surface area contributed by atoms with E-state index in [0.717, 1.165) is 41.5 Å². The number of hydrogen-bond acceptors (Lipinski definition) is 3. The van der Waals surface area contributed by atoms with Gasteiger partial charge in [0.1, 0.15) is 0 Å². The molecule has 0 aliphatic carbocycles. The monoisotopic (exact) mass is 271 g/mol. The van der Waals surface area contributed by atoms with Gasteiger partial charge in [0.15, 0.2) is 0 Å². The van der Waals surface area contributed by atoms with Crippen molar-refractivity contribution in [2.24, 2.45) is 0 Å². The Morgan fingerprint density at radius 1 is 1.30 bits per heavy atom. The Morgan fingerprint density at radius 2 is 2.10 bits per heavy atom. The van der Waals surface area contributed by atoms with Crippen LogP contribution in [-0.4, -0.2) is 10.9 Å². The van der Waals surface area contributed by atoms with E-state index < -0.39 is 0 Å². The Hall–Kier alpha value is -2.10. The van der Waals surface area contributed by atoms with Gasteiger partial charge >= 0.3 is 0 Å². The van der Waals surface area contributed by atoms with E-state index in [1.807, 2.05) is 31.2 Å². The Balaban J connectivity index is 2.14. The molecule has 2 rings (SSSR count). The molecule has 0 aliphatic heterocycles. The van der Waals surface area contributed by atoms with Crippen molar-refractivity contribution in [2.75, 3.05) is 11.1 Å². The Morgan fingerprint density at radius 3 is 2.85 bits per heavy atom. The number of aryl methyl sites for hydroxylation is 1. The summed E-state index contributed by atoms with van der Waals surface area (Å²) >= 11 is 0. The Bertz CT molecular complexity index is 622. The highest BCUT2D eigenvalue weighted by atomic mass is 16.1. The van der Waals surface area contributed by atoms with Crippen molar-refractivity contribution in [1.29, 1.82) is 0 Å². The van der Waals surface area contributed by atoms with E-state index in [1.54, 1.807) is 0 Å². The van der Waals surface area contributed by atoms with E-state index in [-0.39, 0.29) is 5.91 Å². The topological polar surface area (TPSA) is 68.0 Å². The van der Waals surface area contributed by atoms with Gasteiger partial charge in [-0.05, 0) is 37.6 Å². The SMILES string of the molecule is CCCCCC(=O)Nc1ccc2nc(C)cc(N)c2c1. The van der Waals surface area contributed by atoms with Gasteiger partial charge in [-0.3, -0.25) is 9.78 Å². The van der Waals surface area contributed by atoms with Crippen molar-refractivity contribution >= 4 is 28.2 Å². The van der Waals surface area contributed by atoms with Gasteiger partial charge in [0.2, 0.25) is 5.91 Å². The first-order valence-corrected chi connectivity index (χ1v) is 7.07. The number of rotatable bonds is 5. The first kappa shape index (κ1) is 14.3. The van der Waals surface area contributed by atoms with Crippen molar-refractivity contribution in [3.05, 3.63) is 30.0 Å². The fourth-order valence-corrected chi connectivity index (χ4v) is 2.23. The van der Waals surface area contributed by atoms with Crippen molar-refractivity contribution < 1.29 is 4.79 Å². The van der Waals surface area contributed by atoms with Crippen LogP contribution in [0, 0.1) is 6.92 Å². The summed E-state index contributed by atoms with van der Waals surface area (Å²) in [5.74, 6) is 0.0523. The first-order valence-electron chi connectivity index (χ1n) is 7.07. The zero-order chi connectivity index (χ0) is 14.5. The molecule has 0 bridgehead atoms. The van der Waals surface area contributed by atoms with Crippen LogP contribution in [0.2, 0.25) is 0 Å². The lowest BCUT2D eigenvalue weighted by molar-refractivity contribution is -0.116. The number of benzene rings is 1. The molecule has 1 heterocycles. The molecule has 2 aromatic rings. The van der Waals surface area contributed by atoms with Gasteiger partial charge in [0.25, 0.3) is 0 Å². The second-order valence-electron chi connectivity index (χ2n) is 5.09. The average molecular weight is 271 g/mol. The van der Waals surface area contributed by atoms with Gasteiger partial charge in [-0.25, -0.2) is 0 Å². The third-order valence-electron chi connectivity index (χ3n) is 3.26. The molecule has 0 spiro atoms. The van der Waals surface area contributed by atoms with Crippen molar-refractivity contribution in [3.8, 4) is 0 Å². The number of nitrogens with one attached hydrogen (secondary N) is 1. The quantitative estimate of drug-likeness (QED) is 0.816. The minimum atomic E-state index is 0.0523. The molecular weight excluding hydrogens is 250 g/mol. The number of pyridine rings is 1. The molecular formula is C16H21N3O. The molecule has 0 saturated carbocycles. The molecule has 1 amide bonds. The summed E-state index contributed by atoms with van der Waals surface area (Å²) in [6.07, 6.45) is 3.69. The summed E-state index contributed by atoms with van der Waals surface area (Å²) in [6.45, 7) is 4.04. The Labute approximate surface area is 119 Å². The zero-order valence-corrected chi connectivity index (χ0v) is 12.1. The molecule has 0 unspecified atom stereocenters. The molecule has 0 radical (unpaired) electrons. The van der Waals surface area contributed by atoms with Crippen LogP contribution in [0.1, 0.15) is 38.3 Å². The molecule has 0 fully saturated rings. The summed E-state index contributed by atoms with van der Waals surface area (Å²) in [6, 6.07) is 7.48. The van der Waals surface area contributed by atoms with Crippen LogP contribution in [0.25, 0.3) is 10.9 Å². The third kappa shape index (κ3) is 3.47. The third-order valence-corrected chi connectivity index (χ3v) is 3.26. The van der Waals surface area contributed by atoms with Crippen LogP contribution in [-0.2, 0) is 4.79 Å². The molecule has 0 atom stereocenters. The van der Waals surface area contributed by atoms with Gasteiger partial charge in [-0.2, -0.15) is 0 Å². The summed E-state index contributed by atoms with van der Waals surface area (Å²) in [5, 5.41) is 3.79. The maximum atomic E-state index is 11.8. The lowest BCUT2D eigenvalue weighted by Gasteiger charge is -2.08. The summed E-state index contributed by atoms with van der Waals surface area (Å²) in [5.41, 5.74) is 9.21. The summed E-state index contributed by atoms with van der Waals surface area (Å²) in [7, 11) is 0. The maximum Gasteiger partial charge on any atom is 0.224 e. The zero-order valence-electron chi connectivity index (χ0n) is 12.1. The fraction of sp³-hybridized carbons (Fsp3) is 0.375. The van der Waals surface area contributed by atoms with Crippen LogP contribution in [0.5, 0.6) is 0 Å². The largest absolute Gasteiger partial charge is 0.398 e. The highest BCUT2D eigenvalue weighted by molar-refractivity contribution is 5.97. The molecule has 106 valence electrons. The predicted octanol–water partition coefficient (Wildman–Crippen LogP) is 3.64. The van der Waals surface area contributed by atoms with Crippen LogP contribution in [0.4, 0.5) is 11.4 Å². The van der Waals surface area contributed by atoms with Gasteiger partial charge in [0, 0.05) is 28.9 Å². The molecule has 0 saturated heterocycles. The molecule has 0 aliphatic rings. The molecule has 1 aromatic carbocycles.